The van der Waals surface area contributed by atoms with Crippen LogP contribution in [-0.2, 0) is 21.9 Å². The SMILES string of the molecule is CCc1ccccc1NS(=O)(=O)c1cn(C2CCCC2)nc1C(C)(C)C. The lowest BCUT2D eigenvalue weighted by atomic mass is 9.92. The average molecular weight is 376 g/mol. The van der Waals surface area contributed by atoms with Crippen LogP contribution in [0, 0.1) is 0 Å². The van der Waals surface area contributed by atoms with Crippen LogP contribution in [0.3, 0.4) is 0 Å². The van der Waals surface area contributed by atoms with Crippen molar-refractivity contribution in [3.63, 3.8) is 0 Å². The standard InChI is InChI=1S/C20H29N3O2S/c1-5-15-10-6-9-13-17(15)22-26(24,25)18-14-23(16-11-7-8-12-16)21-19(18)20(2,3)4/h6,9-10,13-14,16,22H,5,7-8,11-12H2,1-4H3. The smallest absolute Gasteiger partial charge is 0.265 e. The molecule has 1 fully saturated rings. The maximum Gasteiger partial charge on any atom is 0.265 e. The van der Waals surface area contributed by atoms with Gasteiger partial charge >= 0.3 is 0 Å². The Bertz CT molecular complexity index is 873. The van der Waals surface area contributed by atoms with E-state index in [9.17, 15) is 8.42 Å². The van der Waals surface area contributed by atoms with Crippen molar-refractivity contribution < 1.29 is 8.42 Å². The van der Waals surface area contributed by atoms with E-state index in [0.717, 1.165) is 24.8 Å². The van der Waals surface area contributed by atoms with E-state index in [1.165, 1.54) is 12.8 Å². The van der Waals surface area contributed by atoms with Crippen LogP contribution >= 0.6 is 0 Å². The van der Waals surface area contributed by atoms with E-state index >= 15 is 0 Å². The minimum absolute atomic E-state index is 0.294. The zero-order valence-electron chi connectivity index (χ0n) is 16.1. The van der Waals surface area contributed by atoms with Gasteiger partial charge in [0.1, 0.15) is 4.90 Å². The molecule has 0 amide bonds. The first-order valence-corrected chi connectivity index (χ1v) is 10.9. The normalized spacial score (nSPS) is 16.2. The Morgan fingerprint density at radius 3 is 2.46 bits per heavy atom. The van der Waals surface area contributed by atoms with Crippen LogP contribution < -0.4 is 4.72 Å². The monoisotopic (exact) mass is 375 g/mol. The predicted molar refractivity (Wildman–Crippen MR) is 105 cm³/mol. The summed E-state index contributed by atoms with van der Waals surface area (Å²) in [5, 5.41) is 4.71. The number of anilines is 1. The molecular formula is C20H29N3O2S. The number of hydrogen-bond acceptors (Lipinski definition) is 3. The number of nitrogens with one attached hydrogen (secondary N) is 1. The van der Waals surface area contributed by atoms with E-state index in [1.807, 2.05) is 56.6 Å². The molecule has 0 aliphatic heterocycles. The molecule has 1 aliphatic rings. The summed E-state index contributed by atoms with van der Waals surface area (Å²) >= 11 is 0. The molecule has 1 heterocycles. The van der Waals surface area contributed by atoms with Crippen LogP contribution in [0.5, 0.6) is 0 Å². The van der Waals surface area contributed by atoms with Crippen molar-refractivity contribution in [2.45, 2.75) is 76.2 Å². The highest BCUT2D eigenvalue weighted by molar-refractivity contribution is 7.92. The van der Waals surface area contributed by atoms with Gasteiger partial charge < -0.3 is 0 Å². The lowest BCUT2D eigenvalue weighted by Crippen LogP contribution is -2.21. The quantitative estimate of drug-likeness (QED) is 0.827. The molecule has 0 bridgehead atoms. The van der Waals surface area contributed by atoms with Crippen molar-refractivity contribution in [1.82, 2.24) is 9.78 Å². The van der Waals surface area contributed by atoms with Crippen LogP contribution in [0.1, 0.15) is 70.7 Å². The number of sulfonamides is 1. The van der Waals surface area contributed by atoms with Crippen molar-refractivity contribution in [3.8, 4) is 0 Å². The molecule has 1 aromatic carbocycles. The van der Waals surface area contributed by atoms with Gasteiger partial charge in [0.05, 0.1) is 17.4 Å². The van der Waals surface area contributed by atoms with E-state index in [4.69, 9.17) is 5.10 Å². The molecule has 0 spiro atoms. The molecule has 5 nitrogen and oxygen atoms in total. The van der Waals surface area contributed by atoms with Gasteiger partial charge in [0.15, 0.2) is 0 Å². The summed E-state index contributed by atoms with van der Waals surface area (Å²) in [6.45, 7) is 8.04. The molecule has 0 radical (unpaired) electrons. The molecule has 6 heteroatoms. The van der Waals surface area contributed by atoms with Gasteiger partial charge in [0.25, 0.3) is 10.0 Å². The number of aryl methyl sites for hydroxylation is 1. The summed E-state index contributed by atoms with van der Waals surface area (Å²) < 4.78 is 31.1. The Morgan fingerprint density at radius 2 is 1.85 bits per heavy atom. The molecule has 26 heavy (non-hydrogen) atoms. The largest absolute Gasteiger partial charge is 0.279 e. The molecule has 0 saturated heterocycles. The van der Waals surface area contributed by atoms with E-state index < -0.39 is 10.0 Å². The fraction of sp³-hybridized carbons (Fsp3) is 0.550. The summed E-state index contributed by atoms with van der Waals surface area (Å²) in [5.74, 6) is 0. The van der Waals surface area contributed by atoms with Crippen LogP contribution in [-0.4, -0.2) is 18.2 Å². The molecule has 0 atom stereocenters. The third-order valence-corrected chi connectivity index (χ3v) is 6.41. The van der Waals surface area contributed by atoms with E-state index in [1.54, 1.807) is 6.20 Å². The van der Waals surface area contributed by atoms with Gasteiger partial charge in [-0.25, -0.2) is 8.42 Å². The first kappa shape index (κ1) is 19.0. The number of aromatic nitrogens is 2. The summed E-state index contributed by atoms with van der Waals surface area (Å²) in [4.78, 5) is 0.294. The number of para-hydroxylation sites is 1. The summed E-state index contributed by atoms with van der Waals surface area (Å²) in [6, 6.07) is 7.85. The Labute approximate surface area is 156 Å². The van der Waals surface area contributed by atoms with Crippen LogP contribution in [0.25, 0.3) is 0 Å². The Kier molecular flexibility index (Phi) is 5.15. The highest BCUT2D eigenvalue weighted by Crippen LogP contribution is 2.34. The molecule has 3 rings (SSSR count). The Hall–Kier alpha value is -1.82. The Morgan fingerprint density at radius 1 is 1.19 bits per heavy atom. The molecule has 1 N–H and O–H groups in total. The molecule has 142 valence electrons. The minimum atomic E-state index is -3.70. The minimum Gasteiger partial charge on any atom is -0.279 e. The van der Waals surface area contributed by atoms with E-state index in [-0.39, 0.29) is 5.41 Å². The topological polar surface area (TPSA) is 64.0 Å². The lowest BCUT2D eigenvalue weighted by molar-refractivity contribution is 0.448. The maximum atomic E-state index is 13.2. The number of rotatable bonds is 5. The maximum absolute atomic E-state index is 13.2. The highest BCUT2D eigenvalue weighted by atomic mass is 32.2. The van der Waals surface area contributed by atoms with Gasteiger partial charge in [-0.1, -0.05) is 58.7 Å². The van der Waals surface area contributed by atoms with Gasteiger partial charge in [0.2, 0.25) is 0 Å². The lowest BCUT2D eigenvalue weighted by Gasteiger charge is -2.18. The zero-order chi connectivity index (χ0) is 18.9. The first-order chi connectivity index (χ1) is 12.2. The molecule has 2 aromatic rings. The summed E-state index contributed by atoms with van der Waals surface area (Å²) in [6.07, 6.45) is 6.99. The van der Waals surface area contributed by atoms with Gasteiger partial charge in [-0.15, -0.1) is 0 Å². The van der Waals surface area contributed by atoms with Gasteiger partial charge in [-0.3, -0.25) is 9.40 Å². The third kappa shape index (κ3) is 3.80. The highest BCUT2D eigenvalue weighted by Gasteiger charge is 2.32. The molecule has 1 saturated carbocycles. The van der Waals surface area contributed by atoms with Gasteiger partial charge in [-0.05, 0) is 30.9 Å². The summed E-state index contributed by atoms with van der Waals surface area (Å²) in [7, 11) is -3.70. The second-order valence-electron chi connectivity index (χ2n) is 8.13. The van der Waals surface area contributed by atoms with Crippen LogP contribution in [0.2, 0.25) is 0 Å². The Balaban J connectivity index is 2.03. The molecule has 1 aliphatic carbocycles. The summed E-state index contributed by atoms with van der Waals surface area (Å²) in [5.41, 5.74) is 1.91. The third-order valence-electron chi connectivity index (χ3n) is 5.04. The zero-order valence-corrected chi connectivity index (χ0v) is 16.9. The van der Waals surface area contributed by atoms with E-state index in [0.29, 0.717) is 22.3 Å². The fourth-order valence-electron chi connectivity index (χ4n) is 3.57. The van der Waals surface area contributed by atoms with Crippen LogP contribution in [0.15, 0.2) is 35.4 Å². The molecule has 0 unspecified atom stereocenters. The second-order valence-corrected chi connectivity index (χ2v) is 9.78. The number of benzene rings is 1. The number of hydrogen-bond donors (Lipinski definition) is 1. The van der Waals surface area contributed by atoms with Crippen molar-refractivity contribution >= 4 is 15.7 Å². The van der Waals surface area contributed by atoms with Gasteiger partial charge in [-0.2, -0.15) is 5.10 Å². The number of nitrogens with zero attached hydrogens (tertiary/aromatic N) is 2. The van der Waals surface area contributed by atoms with E-state index in [2.05, 4.69) is 4.72 Å². The molecular weight excluding hydrogens is 346 g/mol. The molecule has 1 aromatic heterocycles. The van der Waals surface area contributed by atoms with Crippen molar-refractivity contribution in [3.05, 3.63) is 41.7 Å². The second kappa shape index (κ2) is 7.06. The predicted octanol–water partition coefficient (Wildman–Crippen LogP) is 4.66. The average Bonchev–Trinajstić information content (AvgIpc) is 3.24. The van der Waals surface area contributed by atoms with Gasteiger partial charge in [0, 0.05) is 11.6 Å². The van der Waals surface area contributed by atoms with Crippen LogP contribution in [0.4, 0.5) is 5.69 Å². The van der Waals surface area contributed by atoms with Crippen molar-refractivity contribution in [1.29, 1.82) is 0 Å². The van der Waals surface area contributed by atoms with Crippen molar-refractivity contribution in [2.24, 2.45) is 0 Å². The fourth-order valence-corrected chi connectivity index (χ4v) is 5.02. The first-order valence-electron chi connectivity index (χ1n) is 9.42. The van der Waals surface area contributed by atoms with Crippen molar-refractivity contribution in [2.75, 3.05) is 4.72 Å².